The second-order valence-electron chi connectivity index (χ2n) is 8.21. The first-order valence-electron chi connectivity index (χ1n) is 11.3. The van der Waals surface area contributed by atoms with Crippen molar-refractivity contribution in [3.8, 4) is 5.75 Å². The standard InChI is InChI=1S/C25H27N5O6/c1-6-35-24(32)20-18(27-25(33)28-21(20)15-7-9-16(34-5)10-8-15)12-36-23(31)17-11-13(2)26-22-19(17)14(3)29-30(22)4/h7-11,21H,6,12H2,1-5H3,(H2,27,28,33). The maximum Gasteiger partial charge on any atom is 0.339 e. The summed E-state index contributed by atoms with van der Waals surface area (Å²) in [5.41, 5.74) is 3.02. The summed E-state index contributed by atoms with van der Waals surface area (Å²) in [6.45, 7) is 5.02. The van der Waals surface area contributed by atoms with Gasteiger partial charge in [0, 0.05) is 12.7 Å². The summed E-state index contributed by atoms with van der Waals surface area (Å²) in [5, 5.41) is 10.3. The summed E-state index contributed by atoms with van der Waals surface area (Å²) in [6.07, 6.45) is 0. The second-order valence-corrected chi connectivity index (χ2v) is 8.21. The fourth-order valence-electron chi connectivity index (χ4n) is 4.17. The van der Waals surface area contributed by atoms with Crippen LogP contribution >= 0.6 is 0 Å². The zero-order valence-corrected chi connectivity index (χ0v) is 20.7. The molecule has 0 aliphatic carbocycles. The Labute approximate surface area is 207 Å². The van der Waals surface area contributed by atoms with E-state index in [1.807, 2.05) is 0 Å². The molecule has 188 valence electrons. The number of benzene rings is 1. The molecule has 3 heterocycles. The van der Waals surface area contributed by atoms with E-state index in [0.717, 1.165) is 0 Å². The van der Waals surface area contributed by atoms with Gasteiger partial charge in [0.1, 0.15) is 12.4 Å². The highest BCUT2D eigenvalue weighted by molar-refractivity contribution is 6.04. The average Bonchev–Trinajstić information content (AvgIpc) is 3.14. The van der Waals surface area contributed by atoms with E-state index in [1.54, 1.807) is 69.9 Å². The van der Waals surface area contributed by atoms with Gasteiger partial charge in [-0.1, -0.05) is 12.1 Å². The Morgan fingerprint density at radius 2 is 1.83 bits per heavy atom. The minimum Gasteiger partial charge on any atom is -0.497 e. The van der Waals surface area contributed by atoms with Crippen molar-refractivity contribution in [1.82, 2.24) is 25.4 Å². The highest BCUT2D eigenvalue weighted by atomic mass is 16.5. The molecule has 1 aromatic carbocycles. The first-order chi connectivity index (χ1) is 17.2. The first-order valence-corrected chi connectivity index (χ1v) is 11.3. The SMILES string of the molecule is CCOC(=O)C1=C(COC(=O)c2cc(C)nc3c2c(C)nn3C)NC(=O)NC1c1ccc(OC)cc1. The summed E-state index contributed by atoms with van der Waals surface area (Å²) in [6, 6.07) is 7.19. The summed E-state index contributed by atoms with van der Waals surface area (Å²) in [4.78, 5) is 43.1. The Hall–Kier alpha value is -4.41. The number of carbonyl (C=O) groups is 3. The molecule has 0 radical (unpaired) electrons. The topological polar surface area (TPSA) is 134 Å². The van der Waals surface area contributed by atoms with Crippen molar-refractivity contribution in [2.75, 3.05) is 20.3 Å². The number of hydrogen-bond donors (Lipinski definition) is 2. The van der Waals surface area contributed by atoms with Crippen LogP contribution in [0, 0.1) is 13.8 Å². The molecule has 36 heavy (non-hydrogen) atoms. The van der Waals surface area contributed by atoms with Crippen LogP contribution in [0.2, 0.25) is 0 Å². The zero-order chi connectivity index (χ0) is 26.0. The molecule has 2 aromatic heterocycles. The fraction of sp³-hybridized carbons (Fsp3) is 0.320. The third-order valence-electron chi connectivity index (χ3n) is 5.76. The number of amides is 2. The number of fused-ring (bicyclic) bond motifs is 1. The summed E-state index contributed by atoms with van der Waals surface area (Å²) in [7, 11) is 3.29. The van der Waals surface area contributed by atoms with Gasteiger partial charge in [0.15, 0.2) is 5.65 Å². The molecule has 0 bridgehead atoms. The minimum atomic E-state index is -0.812. The number of urea groups is 1. The Kier molecular flexibility index (Phi) is 6.91. The second kappa shape index (κ2) is 10.1. The third kappa shape index (κ3) is 4.72. The molecule has 4 rings (SSSR count). The van der Waals surface area contributed by atoms with Crippen LogP contribution in [0.3, 0.4) is 0 Å². The fourth-order valence-corrected chi connectivity index (χ4v) is 4.17. The largest absolute Gasteiger partial charge is 0.497 e. The van der Waals surface area contributed by atoms with E-state index in [-0.39, 0.29) is 24.5 Å². The molecule has 2 N–H and O–H groups in total. The molecule has 1 aliphatic rings. The van der Waals surface area contributed by atoms with Gasteiger partial charge in [0.05, 0.1) is 47.7 Å². The van der Waals surface area contributed by atoms with Gasteiger partial charge < -0.3 is 24.8 Å². The number of hydrogen-bond acceptors (Lipinski definition) is 8. The molecule has 1 atom stereocenters. The van der Waals surface area contributed by atoms with Crippen LogP contribution in [-0.2, 0) is 21.3 Å². The van der Waals surface area contributed by atoms with Gasteiger partial charge in [-0.05, 0) is 44.5 Å². The molecule has 11 heteroatoms. The van der Waals surface area contributed by atoms with Crippen LogP contribution < -0.4 is 15.4 Å². The minimum absolute atomic E-state index is 0.132. The van der Waals surface area contributed by atoms with Gasteiger partial charge in [-0.25, -0.2) is 19.4 Å². The summed E-state index contributed by atoms with van der Waals surface area (Å²) in [5.74, 6) is -0.646. The van der Waals surface area contributed by atoms with E-state index < -0.39 is 24.0 Å². The van der Waals surface area contributed by atoms with Gasteiger partial charge in [-0.3, -0.25) is 4.68 Å². The number of nitrogens with one attached hydrogen (secondary N) is 2. The van der Waals surface area contributed by atoms with E-state index in [4.69, 9.17) is 14.2 Å². The van der Waals surface area contributed by atoms with Crippen LogP contribution in [0.5, 0.6) is 5.75 Å². The number of esters is 2. The van der Waals surface area contributed by atoms with E-state index in [2.05, 4.69) is 20.7 Å². The Morgan fingerprint density at radius 1 is 1.11 bits per heavy atom. The maximum atomic E-state index is 13.2. The van der Waals surface area contributed by atoms with Crippen molar-refractivity contribution >= 4 is 29.0 Å². The van der Waals surface area contributed by atoms with Crippen LogP contribution in [0.15, 0.2) is 41.6 Å². The number of nitrogens with zero attached hydrogens (tertiary/aromatic N) is 3. The zero-order valence-electron chi connectivity index (χ0n) is 20.7. The lowest BCUT2D eigenvalue weighted by Crippen LogP contribution is -2.47. The maximum absolute atomic E-state index is 13.2. The third-order valence-corrected chi connectivity index (χ3v) is 5.76. The predicted molar refractivity (Wildman–Crippen MR) is 129 cm³/mol. The smallest absolute Gasteiger partial charge is 0.339 e. The van der Waals surface area contributed by atoms with Crippen LogP contribution in [-0.4, -0.2) is 53.1 Å². The molecule has 1 aliphatic heterocycles. The van der Waals surface area contributed by atoms with Crippen molar-refractivity contribution in [3.63, 3.8) is 0 Å². The Morgan fingerprint density at radius 3 is 2.50 bits per heavy atom. The molecule has 0 spiro atoms. The van der Waals surface area contributed by atoms with Crippen LogP contribution in [0.25, 0.3) is 11.0 Å². The highest BCUT2D eigenvalue weighted by Crippen LogP contribution is 2.30. The number of aromatic nitrogens is 3. The lowest BCUT2D eigenvalue weighted by Gasteiger charge is -2.29. The van der Waals surface area contributed by atoms with Gasteiger partial charge in [-0.15, -0.1) is 0 Å². The normalized spacial score (nSPS) is 15.4. The van der Waals surface area contributed by atoms with Crippen LogP contribution in [0.1, 0.15) is 40.3 Å². The average molecular weight is 494 g/mol. The van der Waals surface area contributed by atoms with Gasteiger partial charge in [0.2, 0.25) is 0 Å². The van der Waals surface area contributed by atoms with Crippen molar-refractivity contribution in [2.24, 2.45) is 7.05 Å². The number of carbonyl (C=O) groups excluding carboxylic acids is 3. The summed E-state index contributed by atoms with van der Waals surface area (Å²) >= 11 is 0. The van der Waals surface area contributed by atoms with Crippen molar-refractivity contribution < 1.29 is 28.6 Å². The monoisotopic (exact) mass is 493 g/mol. The van der Waals surface area contributed by atoms with E-state index in [9.17, 15) is 14.4 Å². The predicted octanol–water partition coefficient (Wildman–Crippen LogP) is 2.62. The lowest BCUT2D eigenvalue weighted by atomic mass is 9.95. The summed E-state index contributed by atoms with van der Waals surface area (Å²) < 4.78 is 17.6. The number of rotatable bonds is 7. The number of aryl methyl sites for hydroxylation is 3. The quantitative estimate of drug-likeness (QED) is 0.480. The van der Waals surface area contributed by atoms with Crippen LogP contribution in [0.4, 0.5) is 4.79 Å². The van der Waals surface area contributed by atoms with Gasteiger partial charge >= 0.3 is 18.0 Å². The van der Waals surface area contributed by atoms with Crippen molar-refractivity contribution in [2.45, 2.75) is 26.8 Å². The van der Waals surface area contributed by atoms with E-state index in [0.29, 0.717) is 39.3 Å². The number of pyridine rings is 1. The van der Waals surface area contributed by atoms with E-state index in [1.165, 1.54) is 0 Å². The molecule has 0 fully saturated rings. The van der Waals surface area contributed by atoms with Gasteiger partial charge in [0.25, 0.3) is 0 Å². The highest BCUT2D eigenvalue weighted by Gasteiger charge is 2.34. The van der Waals surface area contributed by atoms with E-state index >= 15 is 0 Å². The van der Waals surface area contributed by atoms with Crippen molar-refractivity contribution in [3.05, 3.63) is 64.1 Å². The lowest BCUT2D eigenvalue weighted by molar-refractivity contribution is -0.139. The molecule has 2 amide bonds. The number of methoxy groups -OCH3 is 1. The molecular weight excluding hydrogens is 466 g/mol. The number of ether oxygens (including phenoxy) is 3. The Bertz CT molecular complexity index is 1380. The first kappa shape index (κ1) is 24.7. The Balaban J connectivity index is 1.69. The molecule has 1 unspecified atom stereocenters. The molecule has 0 saturated heterocycles. The molecule has 11 nitrogen and oxygen atoms in total. The molecule has 0 saturated carbocycles. The molecule has 3 aromatic rings. The van der Waals surface area contributed by atoms with Gasteiger partial charge in [-0.2, -0.15) is 5.10 Å². The van der Waals surface area contributed by atoms with Crippen molar-refractivity contribution in [1.29, 1.82) is 0 Å². The molecular formula is C25H27N5O6.